The summed E-state index contributed by atoms with van der Waals surface area (Å²) in [6.07, 6.45) is 2.73. The number of methoxy groups -OCH3 is 1. The van der Waals surface area contributed by atoms with Gasteiger partial charge in [0, 0.05) is 54.4 Å². The van der Waals surface area contributed by atoms with Crippen molar-refractivity contribution in [3.8, 4) is 45.8 Å². The third-order valence-electron chi connectivity index (χ3n) is 8.76. The van der Waals surface area contributed by atoms with Gasteiger partial charge in [-0.3, -0.25) is 4.79 Å². The van der Waals surface area contributed by atoms with Gasteiger partial charge in [0.05, 0.1) is 12.1 Å². The molecule has 1 aliphatic carbocycles. The first kappa shape index (κ1) is 33.6. The van der Waals surface area contributed by atoms with Crippen LogP contribution < -0.4 is 30.2 Å². The van der Waals surface area contributed by atoms with E-state index in [0.29, 0.717) is 53.6 Å². The van der Waals surface area contributed by atoms with Crippen molar-refractivity contribution in [2.45, 2.75) is 50.9 Å². The largest absolute Gasteiger partial charge is 0.481 e. The summed E-state index contributed by atoms with van der Waals surface area (Å²) in [5.41, 5.74) is 7.73. The zero-order valence-corrected chi connectivity index (χ0v) is 28.4. The predicted molar refractivity (Wildman–Crippen MR) is 187 cm³/mol. The number of halogens is 2. The number of ether oxygens (including phenoxy) is 3. The van der Waals surface area contributed by atoms with Crippen molar-refractivity contribution >= 4 is 29.1 Å². The van der Waals surface area contributed by atoms with Crippen LogP contribution in [0, 0.1) is 11.3 Å². The van der Waals surface area contributed by atoms with Crippen molar-refractivity contribution in [3.63, 3.8) is 0 Å². The number of nitrogens with zero attached hydrogens (tertiary/aromatic N) is 2. The maximum atomic E-state index is 11.5. The fourth-order valence-corrected chi connectivity index (χ4v) is 7.04. The molecule has 6 rings (SSSR count). The molecule has 2 heterocycles. The van der Waals surface area contributed by atoms with E-state index in [0.717, 1.165) is 58.2 Å². The number of rotatable bonds is 13. The van der Waals surface area contributed by atoms with Gasteiger partial charge in [-0.1, -0.05) is 71.7 Å². The Balaban J connectivity index is 1.25. The highest BCUT2D eigenvalue weighted by Gasteiger charge is 2.29. The molecule has 0 spiro atoms. The van der Waals surface area contributed by atoms with Crippen molar-refractivity contribution in [1.82, 2.24) is 20.9 Å². The maximum absolute atomic E-state index is 11.5. The number of carbonyl (C=O) groups excluding carboxylic acids is 1. The van der Waals surface area contributed by atoms with Crippen LogP contribution in [0.25, 0.3) is 22.3 Å². The van der Waals surface area contributed by atoms with Crippen LogP contribution in [0.1, 0.15) is 47.6 Å². The second-order valence-electron chi connectivity index (χ2n) is 11.9. The molecule has 3 N–H and O–H groups in total. The molecule has 3 aromatic carbocycles. The predicted octanol–water partition coefficient (Wildman–Crippen LogP) is 6.79. The minimum atomic E-state index is -0.224. The van der Waals surface area contributed by atoms with Gasteiger partial charge in [-0.15, -0.1) is 0 Å². The van der Waals surface area contributed by atoms with E-state index in [4.69, 9.17) is 37.4 Å². The van der Waals surface area contributed by atoms with E-state index < -0.39 is 0 Å². The standard InChI is InChI=1S/C37H37Cl2N5O4/c1-41-19-24-17-31(38)37(44-36(24)46-2)48-32-13-12-28-27(6-4-7-29(28)32)30-8-3-5-26(35(30)39)22-9-10-23(33(18-22)47-16-15-40)20-42-21-25-11-14-34(45)43-25/h3-10,17-18,25,32,41-42H,11-14,16,19-21H2,1-2H3,(H,43,45)/t25-,32-/m0/s1. The van der Waals surface area contributed by atoms with Crippen LogP contribution in [-0.4, -0.2) is 44.2 Å². The number of nitrogens with one attached hydrogen (secondary N) is 3. The first-order chi connectivity index (χ1) is 23.4. The summed E-state index contributed by atoms with van der Waals surface area (Å²) in [6, 6.07) is 22.2. The Morgan fingerprint density at radius 1 is 0.979 bits per heavy atom. The normalized spacial score (nSPS) is 16.7. The fourth-order valence-electron chi connectivity index (χ4n) is 6.48. The van der Waals surface area contributed by atoms with Crippen LogP contribution >= 0.6 is 23.2 Å². The highest BCUT2D eigenvalue weighted by Crippen LogP contribution is 2.45. The number of pyridine rings is 1. The van der Waals surface area contributed by atoms with E-state index in [2.05, 4.69) is 39.1 Å². The highest BCUT2D eigenvalue weighted by atomic mass is 35.5. The Bertz CT molecular complexity index is 1860. The second-order valence-corrected chi connectivity index (χ2v) is 12.6. The van der Waals surface area contributed by atoms with Gasteiger partial charge in [0.15, 0.2) is 6.61 Å². The third kappa shape index (κ3) is 7.23. The van der Waals surface area contributed by atoms with Gasteiger partial charge < -0.3 is 30.2 Å². The Labute approximate surface area is 290 Å². The topological polar surface area (TPSA) is 118 Å². The van der Waals surface area contributed by atoms with Crippen LogP contribution in [0.4, 0.5) is 0 Å². The smallest absolute Gasteiger partial charge is 0.236 e. The van der Waals surface area contributed by atoms with Crippen molar-refractivity contribution in [3.05, 3.63) is 93.0 Å². The molecule has 1 amide bonds. The van der Waals surface area contributed by atoms with Crippen molar-refractivity contribution in [2.75, 3.05) is 27.3 Å². The summed E-state index contributed by atoms with van der Waals surface area (Å²) in [6.45, 7) is 1.70. The number of nitriles is 1. The Morgan fingerprint density at radius 3 is 2.56 bits per heavy atom. The Kier molecular flexibility index (Phi) is 10.7. The molecule has 248 valence electrons. The van der Waals surface area contributed by atoms with Gasteiger partial charge in [0.25, 0.3) is 0 Å². The molecule has 48 heavy (non-hydrogen) atoms. The number of hydrogen-bond acceptors (Lipinski definition) is 8. The van der Waals surface area contributed by atoms with Crippen molar-refractivity contribution in [2.24, 2.45) is 0 Å². The first-order valence-electron chi connectivity index (χ1n) is 16.0. The molecule has 2 atom stereocenters. The lowest BCUT2D eigenvalue weighted by Gasteiger charge is -2.18. The van der Waals surface area contributed by atoms with Gasteiger partial charge in [-0.2, -0.15) is 10.2 Å². The number of fused-ring (bicyclic) bond motifs is 1. The molecule has 4 aromatic rings. The molecule has 0 bridgehead atoms. The fraction of sp³-hybridized carbons (Fsp3) is 0.324. The van der Waals surface area contributed by atoms with Gasteiger partial charge in [-0.25, -0.2) is 0 Å². The average molecular weight is 687 g/mol. The molecule has 1 aromatic heterocycles. The quantitative estimate of drug-likeness (QED) is 0.141. The van der Waals surface area contributed by atoms with E-state index in [-0.39, 0.29) is 24.7 Å². The summed E-state index contributed by atoms with van der Waals surface area (Å²) in [5.74, 6) is 1.52. The monoisotopic (exact) mass is 685 g/mol. The molecule has 1 aliphatic heterocycles. The number of hydrogen-bond donors (Lipinski definition) is 3. The average Bonchev–Trinajstić information content (AvgIpc) is 3.71. The highest BCUT2D eigenvalue weighted by molar-refractivity contribution is 6.36. The molecule has 0 unspecified atom stereocenters. The molecular weight excluding hydrogens is 649 g/mol. The minimum absolute atomic E-state index is 0.0735. The summed E-state index contributed by atoms with van der Waals surface area (Å²) in [4.78, 5) is 16.1. The molecule has 11 heteroatoms. The van der Waals surface area contributed by atoms with Crippen molar-refractivity contribution in [1.29, 1.82) is 5.26 Å². The molecule has 1 fully saturated rings. The number of benzene rings is 3. The Hall–Kier alpha value is -4.33. The molecule has 0 saturated carbocycles. The van der Waals surface area contributed by atoms with Gasteiger partial charge >= 0.3 is 0 Å². The number of aromatic nitrogens is 1. The maximum Gasteiger partial charge on any atom is 0.236 e. The third-order valence-corrected chi connectivity index (χ3v) is 9.44. The summed E-state index contributed by atoms with van der Waals surface area (Å²) in [5, 5.41) is 19.8. The SMILES string of the molecule is CNCc1cc(Cl)c(O[C@H]2CCc3c(-c4cccc(-c5ccc(CNC[C@@H]6CCC(=O)N6)c(OCC#N)c5)c4Cl)cccc32)nc1OC. The van der Waals surface area contributed by atoms with E-state index >= 15 is 0 Å². The lowest BCUT2D eigenvalue weighted by atomic mass is 9.93. The van der Waals surface area contributed by atoms with E-state index in [1.807, 2.05) is 55.6 Å². The first-order valence-corrected chi connectivity index (χ1v) is 16.7. The lowest BCUT2D eigenvalue weighted by Crippen LogP contribution is -2.35. The van der Waals surface area contributed by atoms with Crippen LogP contribution in [0.3, 0.4) is 0 Å². The summed E-state index contributed by atoms with van der Waals surface area (Å²) < 4.78 is 17.8. The number of amides is 1. The molecule has 0 radical (unpaired) electrons. The molecule has 2 aliphatic rings. The van der Waals surface area contributed by atoms with Crippen molar-refractivity contribution < 1.29 is 19.0 Å². The van der Waals surface area contributed by atoms with Crippen LogP contribution in [-0.2, 0) is 24.3 Å². The zero-order valence-electron chi connectivity index (χ0n) is 26.9. The van der Waals surface area contributed by atoms with Gasteiger partial charge in [0.1, 0.15) is 22.9 Å². The summed E-state index contributed by atoms with van der Waals surface area (Å²) in [7, 11) is 3.44. The molecule has 9 nitrogen and oxygen atoms in total. The van der Waals surface area contributed by atoms with Gasteiger partial charge in [-0.05, 0) is 60.7 Å². The number of carbonyl (C=O) groups is 1. The zero-order chi connectivity index (χ0) is 33.6. The van der Waals surface area contributed by atoms with E-state index in [9.17, 15) is 10.1 Å². The van der Waals surface area contributed by atoms with Crippen LogP contribution in [0.2, 0.25) is 10.0 Å². The molecular formula is C37H37Cl2N5O4. The van der Waals surface area contributed by atoms with Gasteiger partial charge in [0.2, 0.25) is 17.7 Å². The summed E-state index contributed by atoms with van der Waals surface area (Å²) >= 11 is 13.8. The minimum Gasteiger partial charge on any atom is -0.481 e. The van der Waals surface area contributed by atoms with Crippen LogP contribution in [0.5, 0.6) is 17.5 Å². The van der Waals surface area contributed by atoms with E-state index in [1.165, 1.54) is 5.56 Å². The lowest BCUT2D eigenvalue weighted by molar-refractivity contribution is -0.119. The van der Waals surface area contributed by atoms with Crippen LogP contribution in [0.15, 0.2) is 60.7 Å². The second kappa shape index (κ2) is 15.3. The van der Waals surface area contributed by atoms with E-state index in [1.54, 1.807) is 7.11 Å². The molecule has 1 saturated heterocycles. The Morgan fingerprint density at radius 2 is 1.79 bits per heavy atom.